The van der Waals surface area contributed by atoms with Crippen LogP contribution in [0.3, 0.4) is 0 Å². The third-order valence-corrected chi connectivity index (χ3v) is 6.45. The smallest absolute Gasteiger partial charge is 0.160 e. The number of thiophene rings is 1. The van der Waals surface area contributed by atoms with Gasteiger partial charge in [0, 0.05) is 19.2 Å². The van der Waals surface area contributed by atoms with E-state index in [1.165, 1.54) is 0 Å². The maximum Gasteiger partial charge on any atom is 0.160 e. The lowest BCUT2D eigenvalue weighted by atomic mass is 10.1. The third-order valence-electron chi connectivity index (χ3n) is 5.56. The number of hydrogen-bond donors (Lipinski definition) is 3. The number of hydrogen-bond acceptors (Lipinski definition) is 7. The molecule has 3 N–H and O–H groups in total. The van der Waals surface area contributed by atoms with E-state index in [0.717, 1.165) is 58.4 Å². The highest BCUT2D eigenvalue weighted by Crippen LogP contribution is 2.27. The Balaban J connectivity index is 1.16. The van der Waals surface area contributed by atoms with Gasteiger partial charge in [0.1, 0.15) is 24.3 Å². The van der Waals surface area contributed by atoms with E-state index in [1.54, 1.807) is 25.6 Å². The third kappa shape index (κ3) is 7.08. The Labute approximate surface area is 209 Å². The van der Waals surface area contributed by atoms with E-state index in [9.17, 15) is 5.11 Å². The lowest BCUT2D eigenvalue weighted by molar-refractivity contribution is 0.106. The number of H-pyrrole nitrogens is 1. The molecule has 4 rings (SSSR count). The van der Waals surface area contributed by atoms with Crippen LogP contribution in [0.4, 0.5) is 0 Å². The van der Waals surface area contributed by atoms with Crippen molar-refractivity contribution in [2.75, 3.05) is 33.9 Å². The molecule has 2 heterocycles. The molecule has 7 nitrogen and oxygen atoms in total. The molecule has 0 aliphatic rings. The van der Waals surface area contributed by atoms with E-state index in [4.69, 9.17) is 14.2 Å². The van der Waals surface area contributed by atoms with Gasteiger partial charge in [-0.1, -0.05) is 24.3 Å². The van der Waals surface area contributed by atoms with Crippen LogP contribution in [-0.4, -0.2) is 55.1 Å². The predicted molar refractivity (Wildman–Crippen MR) is 139 cm³/mol. The van der Waals surface area contributed by atoms with Crippen molar-refractivity contribution >= 4 is 11.3 Å². The first kappa shape index (κ1) is 24.8. The summed E-state index contributed by atoms with van der Waals surface area (Å²) in [6, 6.07) is 17.9. The van der Waals surface area contributed by atoms with Gasteiger partial charge in [0.05, 0.1) is 24.8 Å². The second-order valence-corrected chi connectivity index (χ2v) is 9.09. The molecule has 0 aliphatic carbocycles. The molecule has 0 radical (unpaired) electrons. The van der Waals surface area contributed by atoms with Crippen LogP contribution in [0.2, 0.25) is 0 Å². The molecular formula is C27H31N3O4S. The molecule has 0 saturated carbocycles. The Morgan fingerprint density at radius 3 is 2.57 bits per heavy atom. The highest BCUT2D eigenvalue weighted by atomic mass is 32.1. The summed E-state index contributed by atoms with van der Waals surface area (Å²) in [7, 11) is 3.25. The summed E-state index contributed by atoms with van der Waals surface area (Å²) in [5, 5.41) is 15.6. The minimum absolute atomic E-state index is 0.227. The van der Waals surface area contributed by atoms with Crippen molar-refractivity contribution < 1.29 is 19.3 Å². The number of aliphatic hydroxyl groups excluding tert-OH is 1. The van der Waals surface area contributed by atoms with Gasteiger partial charge in [-0.3, -0.25) is 0 Å². The highest BCUT2D eigenvalue weighted by molar-refractivity contribution is 7.13. The summed E-state index contributed by atoms with van der Waals surface area (Å²) in [5.74, 6) is 3.10. The molecule has 0 amide bonds. The topological polar surface area (TPSA) is 88.6 Å². The first-order valence-corrected chi connectivity index (χ1v) is 12.4. The van der Waals surface area contributed by atoms with E-state index < -0.39 is 6.10 Å². The minimum atomic E-state index is -0.598. The van der Waals surface area contributed by atoms with Crippen LogP contribution in [0.25, 0.3) is 10.6 Å². The Morgan fingerprint density at radius 2 is 1.83 bits per heavy atom. The minimum Gasteiger partial charge on any atom is -0.493 e. The predicted octanol–water partition coefficient (Wildman–Crippen LogP) is 4.32. The van der Waals surface area contributed by atoms with Gasteiger partial charge in [-0.25, -0.2) is 4.98 Å². The zero-order chi connectivity index (χ0) is 24.5. The standard InChI is InChI=1S/C27H31N3O4S/c1-32-24-10-7-20(14-25(24)33-2)11-12-28-16-21(31)18-34-22-8-5-19(6-9-22)15-27-29-17-23(30-27)26-4-3-13-35-26/h3-10,13-14,17,21,28,31H,11-12,15-16,18H2,1-2H3,(H,29,30). The zero-order valence-corrected chi connectivity index (χ0v) is 20.8. The highest BCUT2D eigenvalue weighted by Gasteiger charge is 2.08. The Morgan fingerprint density at radius 1 is 1.03 bits per heavy atom. The van der Waals surface area contributed by atoms with E-state index in [1.807, 2.05) is 54.7 Å². The van der Waals surface area contributed by atoms with Crippen molar-refractivity contribution in [1.29, 1.82) is 0 Å². The Bertz CT molecular complexity index is 1180. The summed E-state index contributed by atoms with van der Waals surface area (Å²) in [6.07, 6.45) is 2.89. The SMILES string of the molecule is COc1ccc(CCNCC(O)COc2ccc(Cc3nc(-c4cccs4)c[nH]3)cc2)cc1OC. The molecule has 1 atom stereocenters. The summed E-state index contributed by atoms with van der Waals surface area (Å²) in [4.78, 5) is 9.09. The van der Waals surface area contributed by atoms with Crippen LogP contribution in [-0.2, 0) is 12.8 Å². The Hall–Kier alpha value is -3.33. The van der Waals surface area contributed by atoms with Gasteiger partial charge in [0.25, 0.3) is 0 Å². The molecule has 0 bridgehead atoms. The normalized spacial score (nSPS) is 11.9. The fraction of sp³-hybridized carbons (Fsp3) is 0.296. The molecule has 0 fully saturated rings. The van der Waals surface area contributed by atoms with Gasteiger partial charge in [-0.15, -0.1) is 11.3 Å². The van der Waals surface area contributed by atoms with Gasteiger partial charge >= 0.3 is 0 Å². The number of aliphatic hydroxyl groups is 1. The number of aromatic nitrogens is 2. The van der Waals surface area contributed by atoms with Crippen LogP contribution in [0.1, 0.15) is 17.0 Å². The summed E-state index contributed by atoms with van der Waals surface area (Å²) in [6.45, 7) is 1.42. The maximum atomic E-state index is 10.3. The molecule has 2 aromatic heterocycles. The molecule has 0 saturated heterocycles. The molecule has 4 aromatic rings. The van der Waals surface area contributed by atoms with Crippen molar-refractivity contribution in [3.63, 3.8) is 0 Å². The van der Waals surface area contributed by atoms with E-state index in [-0.39, 0.29) is 6.61 Å². The van der Waals surface area contributed by atoms with Crippen molar-refractivity contribution in [1.82, 2.24) is 15.3 Å². The van der Waals surface area contributed by atoms with Gasteiger partial charge in [-0.2, -0.15) is 0 Å². The average Bonchev–Trinajstić information content (AvgIpc) is 3.58. The maximum absolute atomic E-state index is 10.3. The lowest BCUT2D eigenvalue weighted by Crippen LogP contribution is -2.32. The fourth-order valence-electron chi connectivity index (χ4n) is 3.69. The zero-order valence-electron chi connectivity index (χ0n) is 20.0. The van der Waals surface area contributed by atoms with Gasteiger partial charge in [-0.05, 0) is 59.8 Å². The second kappa shape index (κ2) is 12.4. The summed E-state index contributed by atoms with van der Waals surface area (Å²) >= 11 is 1.68. The van der Waals surface area contributed by atoms with E-state index in [0.29, 0.717) is 12.3 Å². The van der Waals surface area contributed by atoms with Crippen molar-refractivity contribution in [3.05, 3.63) is 83.1 Å². The number of ether oxygens (including phenoxy) is 3. The average molecular weight is 494 g/mol. The summed E-state index contributed by atoms with van der Waals surface area (Å²) < 4.78 is 16.4. The number of aromatic amines is 1. The number of nitrogens with zero attached hydrogens (tertiary/aromatic N) is 1. The van der Waals surface area contributed by atoms with Crippen molar-refractivity contribution in [2.24, 2.45) is 0 Å². The van der Waals surface area contributed by atoms with Gasteiger partial charge in [0.2, 0.25) is 0 Å². The molecule has 1 unspecified atom stereocenters. The van der Waals surface area contributed by atoms with E-state index >= 15 is 0 Å². The number of nitrogens with one attached hydrogen (secondary N) is 2. The van der Waals surface area contributed by atoms with Crippen molar-refractivity contribution in [2.45, 2.75) is 18.9 Å². The number of benzene rings is 2. The van der Waals surface area contributed by atoms with E-state index in [2.05, 4.69) is 26.7 Å². The van der Waals surface area contributed by atoms with Crippen molar-refractivity contribution in [3.8, 4) is 27.8 Å². The first-order valence-electron chi connectivity index (χ1n) is 11.5. The van der Waals surface area contributed by atoms with Crippen LogP contribution in [0, 0.1) is 0 Å². The second-order valence-electron chi connectivity index (χ2n) is 8.14. The van der Waals surface area contributed by atoms with Crippen LogP contribution < -0.4 is 19.5 Å². The fourth-order valence-corrected chi connectivity index (χ4v) is 4.37. The quantitative estimate of drug-likeness (QED) is 0.241. The molecule has 184 valence electrons. The lowest BCUT2D eigenvalue weighted by Gasteiger charge is -2.14. The van der Waals surface area contributed by atoms with Crippen LogP contribution in [0.5, 0.6) is 17.2 Å². The molecule has 35 heavy (non-hydrogen) atoms. The van der Waals surface area contributed by atoms with Crippen LogP contribution in [0.15, 0.2) is 66.2 Å². The molecule has 2 aromatic carbocycles. The molecule has 0 aliphatic heterocycles. The first-order chi connectivity index (χ1) is 17.1. The van der Waals surface area contributed by atoms with Gasteiger partial charge < -0.3 is 29.6 Å². The van der Waals surface area contributed by atoms with Gasteiger partial charge in [0.15, 0.2) is 11.5 Å². The number of methoxy groups -OCH3 is 2. The summed E-state index contributed by atoms with van der Waals surface area (Å²) in [5.41, 5.74) is 3.25. The molecule has 0 spiro atoms. The largest absolute Gasteiger partial charge is 0.493 e. The Kier molecular flexibility index (Phi) is 8.78. The number of imidazole rings is 1. The molecule has 8 heteroatoms. The van der Waals surface area contributed by atoms with Crippen LogP contribution >= 0.6 is 11.3 Å². The number of rotatable bonds is 13. The molecular weight excluding hydrogens is 462 g/mol. The monoisotopic (exact) mass is 493 g/mol.